The summed E-state index contributed by atoms with van der Waals surface area (Å²) >= 11 is 0. The number of hydrogen-bond donors (Lipinski definition) is 4. The molecule has 3 aliphatic carbocycles. The van der Waals surface area contributed by atoms with Crippen LogP contribution in [0.4, 0.5) is 0 Å². The Bertz CT molecular complexity index is 802. The standard InChI is InChI=1S/C31H52O5/c1-29(2,35)16-6-8-23(12-15-28(34)30(3,4)36)27-14-13-26-22(9-7-17-31(26,27)5)11-10-21-18-24(32)20-25(33)19-21/h10-11,23-27,32-33,35-36H,6-9,12-20H2,1-5H3/b22-11+/t23-,24+,25+,26?,27?,31-/m0/s1. The molecule has 0 aromatic heterocycles. The van der Waals surface area contributed by atoms with E-state index in [1.807, 2.05) is 13.8 Å². The smallest absolute Gasteiger partial charge is 0.163 e. The van der Waals surface area contributed by atoms with Gasteiger partial charge in [-0.15, -0.1) is 0 Å². The van der Waals surface area contributed by atoms with E-state index in [2.05, 4.69) is 19.1 Å². The summed E-state index contributed by atoms with van der Waals surface area (Å²) in [6.07, 6.45) is 15.1. The highest BCUT2D eigenvalue weighted by Gasteiger charge is 2.51. The minimum atomic E-state index is -1.28. The van der Waals surface area contributed by atoms with E-state index in [4.69, 9.17) is 0 Å². The van der Waals surface area contributed by atoms with Crippen molar-refractivity contribution in [2.75, 3.05) is 0 Å². The predicted octanol–water partition coefficient (Wildman–Crippen LogP) is 5.64. The predicted molar refractivity (Wildman–Crippen MR) is 144 cm³/mol. The zero-order valence-electron chi connectivity index (χ0n) is 23.4. The molecule has 6 atom stereocenters. The average Bonchev–Trinajstić information content (AvgIpc) is 3.09. The molecule has 3 saturated carbocycles. The molecule has 5 nitrogen and oxygen atoms in total. The first kappa shape index (κ1) is 29.5. The van der Waals surface area contributed by atoms with Gasteiger partial charge in [-0.2, -0.15) is 0 Å². The van der Waals surface area contributed by atoms with E-state index in [9.17, 15) is 25.2 Å². The highest BCUT2D eigenvalue weighted by Crippen LogP contribution is 2.60. The zero-order valence-corrected chi connectivity index (χ0v) is 23.4. The topological polar surface area (TPSA) is 98.0 Å². The molecule has 0 spiro atoms. The molecule has 3 fully saturated rings. The minimum absolute atomic E-state index is 0.0811. The Morgan fingerprint density at radius 2 is 1.72 bits per heavy atom. The number of Topliss-reactive ketones (excluding diaryl/α,β-unsaturated/α-hetero) is 1. The minimum Gasteiger partial charge on any atom is -0.393 e. The number of carbonyl (C=O) groups excluding carboxylic acids is 1. The second kappa shape index (κ2) is 11.8. The van der Waals surface area contributed by atoms with E-state index in [0.717, 1.165) is 44.1 Å². The van der Waals surface area contributed by atoms with Crippen molar-refractivity contribution in [2.24, 2.45) is 23.2 Å². The zero-order chi connectivity index (χ0) is 26.7. The highest BCUT2D eigenvalue weighted by atomic mass is 16.3. The molecule has 0 aromatic rings. The Hall–Kier alpha value is -1.01. The summed E-state index contributed by atoms with van der Waals surface area (Å²) in [5.74, 6) is 1.40. The molecule has 0 aliphatic heterocycles. The number of ketones is 1. The van der Waals surface area contributed by atoms with E-state index < -0.39 is 23.4 Å². The lowest BCUT2D eigenvalue weighted by atomic mass is 9.60. The fourth-order valence-electron chi connectivity index (χ4n) is 7.55. The number of hydrogen-bond acceptors (Lipinski definition) is 5. The molecule has 0 radical (unpaired) electrons. The molecule has 2 unspecified atom stereocenters. The van der Waals surface area contributed by atoms with Gasteiger partial charge in [-0.05, 0) is 115 Å². The van der Waals surface area contributed by atoms with Crippen LogP contribution in [0.2, 0.25) is 0 Å². The van der Waals surface area contributed by atoms with Gasteiger partial charge in [0.15, 0.2) is 5.78 Å². The van der Waals surface area contributed by atoms with Crippen LogP contribution in [0.1, 0.15) is 118 Å². The molecule has 3 aliphatic rings. The van der Waals surface area contributed by atoms with Crippen molar-refractivity contribution in [3.63, 3.8) is 0 Å². The van der Waals surface area contributed by atoms with Gasteiger partial charge in [0, 0.05) is 6.42 Å². The second-order valence-corrected chi connectivity index (χ2v) is 13.6. The SMILES string of the molecule is CC(C)(O)CCC[C@@H](CCC(=O)C(C)(C)O)C1CCC2/C(=C/C=C3C[C@@H](O)C[C@H](O)C3)CCC[C@@]21C. The molecule has 36 heavy (non-hydrogen) atoms. The lowest BCUT2D eigenvalue weighted by Crippen LogP contribution is -2.37. The van der Waals surface area contributed by atoms with Gasteiger partial charge in [0.05, 0.1) is 17.8 Å². The Balaban J connectivity index is 1.76. The molecular formula is C31H52O5. The van der Waals surface area contributed by atoms with Crippen molar-refractivity contribution >= 4 is 5.78 Å². The van der Waals surface area contributed by atoms with Crippen LogP contribution in [0, 0.1) is 23.2 Å². The Morgan fingerprint density at radius 3 is 2.33 bits per heavy atom. The molecule has 206 valence electrons. The van der Waals surface area contributed by atoms with Gasteiger partial charge in [-0.1, -0.05) is 43.1 Å². The van der Waals surface area contributed by atoms with Crippen molar-refractivity contribution < 1.29 is 25.2 Å². The molecule has 0 amide bonds. The molecular weight excluding hydrogens is 452 g/mol. The lowest BCUT2D eigenvalue weighted by molar-refractivity contribution is -0.134. The quantitative estimate of drug-likeness (QED) is 0.309. The molecule has 0 aromatic carbocycles. The van der Waals surface area contributed by atoms with Gasteiger partial charge < -0.3 is 20.4 Å². The molecule has 4 N–H and O–H groups in total. The number of carbonyl (C=O) groups is 1. The lowest BCUT2D eigenvalue weighted by Gasteiger charge is -2.45. The summed E-state index contributed by atoms with van der Waals surface area (Å²) in [6, 6.07) is 0. The third-order valence-corrected chi connectivity index (χ3v) is 9.47. The van der Waals surface area contributed by atoms with E-state index in [0.29, 0.717) is 43.4 Å². The van der Waals surface area contributed by atoms with Crippen LogP contribution >= 0.6 is 0 Å². The van der Waals surface area contributed by atoms with Gasteiger partial charge >= 0.3 is 0 Å². The van der Waals surface area contributed by atoms with Crippen LogP contribution in [-0.2, 0) is 4.79 Å². The van der Waals surface area contributed by atoms with Gasteiger partial charge in [-0.25, -0.2) is 0 Å². The monoisotopic (exact) mass is 504 g/mol. The number of aliphatic hydroxyl groups is 4. The summed E-state index contributed by atoms with van der Waals surface area (Å²) < 4.78 is 0. The third-order valence-electron chi connectivity index (χ3n) is 9.47. The Morgan fingerprint density at radius 1 is 1.06 bits per heavy atom. The molecule has 0 saturated heterocycles. The van der Waals surface area contributed by atoms with E-state index in [1.54, 1.807) is 13.8 Å². The maximum atomic E-state index is 12.6. The number of allylic oxidation sites excluding steroid dienone is 3. The first-order valence-corrected chi connectivity index (χ1v) is 14.4. The van der Waals surface area contributed by atoms with Crippen LogP contribution < -0.4 is 0 Å². The van der Waals surface area contributed by atoms with E-state index in [1.165, 1.54) is 24.8 Å². The van der Waals surface area contributed by atoms with Crippen molar-refractivity contribution in [3.05, 3.63) is 23.3 Å². The maximum absolute atomic E-state index is 12.6. The van der Waals surface area contributed by atoms with Gasteiger partial charge in [0.1, 0.15) is 5.60 Å². The fraction of sp³-hybridized carbons (Fsp3) is 0.839. The molecule has 3 rings (SSSR count). The van der Waals surface area contributed by atoms with Gasteiger partial charge in [-0.3, -0.25) is 4.79 Å². The van der Waals surface area contributed by atoms with Crippen LogP contribution in [0.5, 0.6) is 0 Å². The second-order valence-electron chi connectivity index (χ2n) is 13.6. The van der Waals surface area contributed by atoms with Crippen molar-refractivity contribution in [3.8, 4) is 0 Å². The van der Waals surface area contributed by atoms with Crippen molar-refractivity contribution in [2.45, 2.75) is 141 Å². The molecule has 0 heterocycles. The first-order chi connectivity index (χ1) is 16.7. The average molecular weight is 505 g/mol. The number of fused-ring (bicyclic) bond motifs is 1. The maximum Gasteiger partial charge on any atom is 0.163 e. The first-order valence-electron chi connectivity index (χ1n) is 14.4. The van der Waals surface area contributed by atoms with Crippen LogP contribution in [-0.4, -0.2) is 49.6 Å². The highest BCUT2D eigenvalue weighted by molar-refractivity contribution is 5.86. The summed E-state index contributed by atoms with van der Waals surface area (Å²) in [4.78, 5) is 12.6. The summed E-state index contributed by atoms with van der Waals surface area (Å²) in [7, 11) is 0. The molecule has 5 heteroatoms. The van der Waals surface area contributed by atoms with Crippen LogP contribution in [0.3, 0.4) is 0 Å². The summed E-state index contributed by atoms with van der Waals surface area (Å²) in [6.45, 7) is 9.36. The van der Waals surface area contributed by atoms with E-state index in [-0.39, 0.29) is 11.2 Å². The summed E-state index contributed by atoms with van der Waals surface area (Å²) in [5, 5.41) is 40.6. The molecule has 0 bridgehead atoms. The Labute approximate surface area is 219 Å². The number of aliphatic hydroxyl groups excluding tert-OH is 2. The third kappa shape index (κ3) is 7.75. The van der Waals surface area contributed by atoms with Crippen LogP contribution in [0.15, 0.2) is 23.3 Å². The van der Waals surface area contributed by atoms with E-state index >= 15 is 0 Å². The van der Waals surface area contributed by atoms with Crippen LogP contribution in [0.25, 0.3) is 0 Å². The fourth-order valence-corrected chi connectivity index (χ4v) is 7.55. The largest absolute Gasteiger partial charge is 0.393 e. The van der Waals surface area contributed by atoms with Crippen molar-refractivity contribution in [1.82, 2.24) is 0 Å². The van der Waals surface area contributed by atoms with Crippen molar-refractivity contribution in [1.29, 1.82) is 0 Å². The summed E-state index contributed by atoms with van der Waals surface area (Å²) in [5.41, 5.74) is 0.894. The number of rotatable bonds is 10. The normalized spacial score (nSPS) is 33.5. The van der Waals surface area contributed by atoms with Gasteiger partial charge in [0.2, 0.25) is 0 Å². The Kier molecular flexibility index (Phi) is 9.68. The van der Waals surface area contributed by atoms with Gasteiger partial charge in [0.25, 0.3) is 0 Å².